The van der Waals surface area contributed by atoms with E-state index in [2.05, 4.69) is 4.72 Å². The van der Waals surface area contributed by atoms with Crippen LogP contribution in [-0.2, 0) is 15.6 Å². The maximum Gasteiger partial charge on any atom is 0.211 e. The summed E-state index contributed by atoms with van der Waals surface area (Å²) in [7, 11) is -3.34. The number of aliphatic hydroxyl groups is 1. The van der Waals surface area contributed by atoms with E-state index < -0.39 is 21.7 Å². The van der Waals surface area contributed by atoms with Crippen LogP contribution in [0.25, 0.3) is 0 Å². The monoisotopic (exact) mass is 317 g/mol. The Labute approximate surface area is 125 Å². The van der Waals surface area contributed by atoms with Crippen molar-refractivity contribution in [1.29, 1.82) is 0 Å². The molecular weight excluding hydrogens is 298 g/mol. The van der Waals surface area contributed by atoms with Gasteiger partial charge in [0.15, 0.2) is 0 Å². The predicted octanol–water partition coefficient (Wildman–Crippen LogP) is 2.41. The highest BCUT2D eigenvalue weighted by Gasteiger charge is 2.44. The van der Waals surface area contributed by atoms with Gasteiger partial charge in [-0.2, -0.15) is 0 Å². The molecule has 4 nitrogen and oxygen atoms in total. The topological polar surface area (TPSA) is 66.4 Å². The van der Waals surface area contributed by atoms with E-state index in [1.807, 2.05) is 6.92 Å². The minimum absolute atomic E-state index is 0.0835. The molecule has 1 aliphatic rings. The van der Waals surface area contributed by atoms with Crippen molar-refractivity contribution in [3.05, 3.63) is 34.9 Å². The van der Waals surface area contributed by atoms with Crippen molar-refractivity contribution in [2.24, 2.45) is 0 Å². The Bertz CT molecular complexity index is 558. The number of hydrogen-bond acceptors (Lipinski definition) is 3. The van der Waals surface area contributed by atoms with Gasteiger partial charge in [0.05, 0.1) is 11.8 Å². The largest absolute Gasteiger partial charge is 0.383 e. The molecule has 0 heterocycles. The van der Waals surface area contributed by atoms with Gasteiger partial charge in [-0.25, -0.2) is 13.1 Å². The van der Waals surface area contributed by atoms with E-state index in [1.165, 1.54) is 0 Å². The van der Waals surface area contributed by atoms with Crippen molar-refractivity contribution in [3.63, 3.8) is 0 Å². The quantitative estimate of drug-likeness (QED) is 0.876. The smallest absolute Gasteiger partial charge is 0.211 e. The zero-order chi connectivity index (χ0) is 14.8. The van der Waals surface area contributed by atoms with Gasteiger partial charge in [0.2, 0.25) is 10.0 Å². The summed E-state index contributed by atoms with van der Waals surface area (Å²) in [5.41, 5.74) is -0.436. The van der Waals surface area contributed by atoms with Crippen LogP contribution >= 0.6 is 11.6 Å². The van der Waals surface area contributed by atoms with Crippen LogP contribution < -0.4 is 4.72 Å². The van der Waals surface area contributed by atoms with Gasteiger partial charge in [0.1, 0.15) is 5.60 Å². The molecule has 1 aromatic rings. The van der Waals surface area contributed by atoms with E-state index >= 15 is 0 Å². The van der Waals surface area contributed by atoms with Crippen molar-refractivity contribution in [3.8, 4) is 0 Å². The highest BCUT2D eigenvalue weighted by molar-refractivity contribution is 7.89. The molecule has 0 spiro atoms. The molecule has 1 aromatic carbocycles. The molecule has 1 fully saturated rings. The van der Waals surface area contributed by atoms with Crippen molar-refractivity contribution >= 4 is 21.6 Å². The summed E-state index contributed by atoms with van der Waals surface area (Å²) in [6.45, 7) is 1.82. The van der Waals surface area contributed by atoms with Gasteiger partial charge in [0.25, 0.3) is 0 Å². The summed E-state index contributed by atoms with van der Waals surface area (Å²) in [5, 5.41) is 11.5. The Kier molecular flexibility index (Phi) is 4.74. The zero-order valence-electron chi connectivity index (χ0n) is 11.5. The van der Waals surface area contributed by atoms with E-state index in [9.17, 15) is 13.5 Å². The number of hydrogen-bond donors (Lipinski definition) is 2. The number of benzene rings is 1. The molecule has 112 valence electrons. The first-order valence-electron chi connectivity index (χ1n) is 6.86. The molecule has 2 unspecified atom stereocenters. The lowest BCUT2D eigenvalue weighted by Crippen LogP contribution is -2.47. The van der Waals surface area contributed by atoms with Gasteiger partial charge >= 0.3 is 0 Å². The highest BCUT2D eigenvalue weighted by Crippen LogP contribution is 2.39. The SMILES string of the molecule is CCCS(=O)(=O)NC1CCCC1(O)c1ccc(Cl)cc1. The van der Waals surface area contributed by atoms with Gasteiger partial charge in [-0.05, 0) is 43.4 Å². The minimum Gasteiger partial charge on any atom is -0.383 e. The van der Waals surface area contributed by atoms with Gasteiger partial charge in [-0.3, -0.25) is 0 Å². The van der Waals surface area contributed by atoms with E-state index in [0.29, 0.717) is 29.8 Å². The molecule has 0 amide bonds. The highest BCUT2D eigenvalue weighted by atomic mass is 35.5. The third kappa shape index (κ3) is 3.34. The molecule has 0 aliphatic heterocycles. The summed E-state index contributed by atoms with van der Waals surface area (Å²) in [4.78, 5) is 0. The van der Waals surface area contributed by atoms with Crippen molar-refractivity contribution in [2.75, 3.05) is 5.75 Å². The van der Waals surface area contributed by atoms with E-state index in [0.717, 1.165) is 6.42 Å². The van der Waals surface area contributed by atoms with Crippen LogP contribution in [0.2, 0.25) is 5.02 Å². The number of sulfonamides is 1. The molecule has 2 atom stereocenters. The normalized spacial score (nSPS) is 26.9. The summed E-state index contributed by atoms with van der Waals surface area (Å²) in [6.07, 6.45) is 2.54. The molecule has 6 heteroatoms. The second-order valence-electron chi connectivity index (χ2n) is 5.31. The van der Waals surface area contributed by atoms with Gasteiger partial charge < -0.3 is 5.11 Å². The third-order valence-corrected chi connectivity index (χ3v) is 5.61. The van der Waals surface area contributed by atoms with Gasteiger partial charge in [0, 0.05) is 5.02 Å². The molecule has 0 radical (unpaired) electrons. The molecule has 0 bridgehead atoms. The predicted molar refractivity (Wildman–Crippen MR) is 80.2 cm³/mol. The molecule has 2 rings (SSSR count). The second-order valence-corrected chi connectivity index (χ2v) is 7.62. The Balaban J connectivity index is 2.23. The van der Waals surface area contributed by atoms with Crippen molar-refractivity contribution < 1.29 is 13.5 Å². The average Bonchev–Trinajstić information content (AvgIpc) is 2.72. The Hall–Kier alpha value is -0.620. The molecule has 0 saturated heterocycles. The van der Waals surface area contributed by atoms with Crippen LogP contribution in [0, 0.1) is 0 Å². The summed E-state index contributed by atoms with van der Waals surface area (Å²) in [5.74, 6) is 0.0835. The van der Waals surface area contributed by atoms with Crippen LogP contribution in [0.4, 0.5) is 0 Å². The van der Waals surface area contributed by atoms with Gasteiger partial charge in [-0.1, -0.05) is 30.7 Å². The number of rotatable bonds is 5. The van der Waals surface area contributed by atoms with E-state index in [4.69, 9.17) is 11.6 Å². The van der Waals surface area contributed by atoms with Crippen LogP contribution in [0.15, 0.2) is 24.3 Å². The summed E-state index contributed by atoms with van der Waals surface area (Å²) < 4.78 is 26.5. The number of nitrogens with one attached hydrogen (secondary N) is 1. The van der Waals surface area contributed by atoms with E-state index in [1.54, 1.807) is 24.3 Å². The Morgan fingerprint density at radius 2 is 2.05 bits per heavy atom. The summed E-state index contributed by atoms with van der Waals surface area (Å²) in [6, 6.07) is 6.47. The standard InChI is InChI=1S/C14H20ClNO3S/c1-2-10-20(18,19)16-13-4-3-9-14(13,17)11-5-7-12(15)8-6-11/h5-8,13,16-17H,2-4,9-10H2,1H3. The molecule has 0 aromatic heterocycles. The first kappa shape index (κ1) is 15.8. The lowest BCUT2D eigenvalue weighted by atomic mass is 9.89. The first-order chi connectivity index (χ1) is 9.37. The fraction of sp³-hybridized carbons (Fsp3) is 0.571. The second kappa shape index (κ2) is 6.02. The Morgan fingerprint density at radius 3 is 2.65 bits per heavy atom. The third-order valence-electron chi connectivity index (χ3n) is 3.77. The lowest BCUT2D eigenvalue weighted by Gasteiger charge is -2.31. The average molecular weight is 318 g/mol. The number of halogens is 1. The molecule has 1 aliphatic carbocycles. The molecular formula is C14H20ClNO3S. The zero-order valence-corrected chi connectivity index (χ0v) is 13.0. The minimum atomic E-state index is -3.34. The fourth-order valence-corrected chi connectivity index (χ4v) is 4.30. The maximum atomic E-state index is 11.9. The first-order valence-corrected chi connectivity index (χ1v) is 8.89. The van der Waals surface area contributed by atoms with E-state index in [-0.39, 0.29) is 5.75 Å². The van der Waals surface area contributed by atoms with Crippen LogP contribution in [0.3, 0.4) is 0 Å². The molecule has 1 saturated carbocycles. The molecule has 20 heavy (non-hydrogen) atoms. The fourth-order valence-electron chi connectivity index (χ4n) is 2.77. The lowest BCUT2D eigenvalue weighted by molar-refractivity contribution is 0.0231. The summed E-state index contributed by atoms with van der Waals surface area (Å²) >= 11 is 5.85. The van der Waals surface area contributed by atoms with Crippen molar-refractivity contribution in [1.82, 2.24) is 4.72 Å². The van der Waals surface area contributed by atoms with Crippen LogP contribution in [-0.4, -0.2) is 25.3 Å². The Morgan fingerprint density at radius 1 is 1.40 bits per heavy atom. The maximum absolute atomic E-state index is 11.9. The van der Waals surface area contributed by atoms with Crippen molar-refractivity contribution in [2.45, 2.75) is 44.2 Å². The van der Waals surface area contributed by atoms with Crippen LogP contribution in [0.1, 0.15) is 38.2 Å². The molecule has 2 N–H and O–H groups in total. The van der Waals surface area contributed by atoms with Gasteiger partial charge in [-0.15, -0.1) is 0 Å². The van der Waals surface area contributed by atoms with Crippen LogP contribution in [0.5, 0.6) is 0 Å².